The first kappa shape index (κ1) is 10.7. The van der Waals surface area contributed by atoms with Gasteiger partial charge in [-0.05, 0) is 25.2 Å². The van der Waals surface area contributed by atoms with Crippen molar-refractivity contribution in [3.8, 4) is 0 Å². The SMILES string of the molecule is C=CC[C@@H](O)[C@H](O)C1CCCCC1. The number of aliphatic hydroxyl groups excluding tert-OH is 2. The van der Waals surface area contributed by atoms with Gasteiger partial charge in [0.25, 0.3) is 0 Å². The van der Waals surface area contributed by atoms with E-state index in [9.17, 15) is 10.2 Å². The Morgan fingerprint density at radius 2 is 1.85 bits per heavy atom. The number of hydrogen-bond donors (Lipinski definition) is 2. The van der Waals surface area contributed by atoms with E-state index in [2.05, 4.69) is 6.58 Å². The molecule has 1 aliphatic rings. The first-order valence-corrected chi connectivity index (χ1v) is 5.22. The van der Waals surface area contributed by atoms with Gasteiger partial charge in [0.1, 0.15) is 0 Å². The molecule has 0 aromatic carbocycles. The molecule has 1 fully saturated rings. The van der Waals surface area contributed by atoms with Crippen molar-refractivity contribution in [2.24, 2.45) is 5.92 Å². The van der Waals surface area contributed by atoms with Crippen LogP contribution in [-0.4, -0.2) is 22.4 Å². The minimum absolute atomic E-state index is 0.309. The smallest absolute Gasteiger partial charge is 0.0836 e. The summed E-state index contributed by atoms with van der Waals surface area (Å²) >= 11 is 0. The summed E-state index contributed by atoms with van der Waals surface area (Å²) in [5, 5.41) is 19.3. The van der Waals surface area contributed by atoms with Crippen LogP contribution < -0.4 is 0 Å². The summed E-state index contributed by atoms with van der Waals surface area (Å²) in [4.78, 5) is 0. The third-order valence-corrected chi connectivity index (χ3v) is 2.94. The van der Waals surface area contributed by atoms with Crippen molar-refractivity contribution >= 4 is 0 Å². The van der Waals surface area contributed by atoms with E-state index in [4.69, 9.17) is 0 Å². The molecule has 0 amide bonds. The van der Waals surface area contributed by atoms with Crippen molar-refractivity contribution in [2.45, 2.75) is 50.7 Å². The van der Waals surface area contributed by atoms with Crippen molar-refractivity contribution in [1.29, 1.82) is 0 Å². The predicted octanol–water partition coefficient (Wildman–Crippen LogP) is 1.86. The van der Waals surface area contributed by atoms with Gasteiger partial charge in [-0.15, -0.1) is 6.58 Å². The van der Waals surface area contributed by atoms with Crippen molar-refractivity contribution in [2.75, 3.05) is 0 Å². The highest BCUT2D eigenvalue weighted by molar-refractivity contribution is 4.83. The highest BCUT2D eigenvalue weighted by Gasteiger charge is 2.26. The van der Waals surface area contributed by atoms with Crippen LogP contribution in [0.1, 0.15) is 38.5 Å². The van der Waals surface area contributed by atoms with Crippen LogP contribution in [0.4, 0.5) is 0 Å². The Morgan fingerprint density at radius 1 is 1.23 bits per heavy atom. The van der Waals surface area contributed by atoms with Gasteiger partial charge in [0, 0.05) is 0 Å². The van der Waals surface area contributed by atoms with Crippen molar-refractivity contribution in [3.05, 3.63) is 12.7 Å². The lowest BCUT2D eigenvalue weighted by molar-refractivity contribution is -0.0250. The second-order valence-corrected chi connectivity index (χ2v) is 3.98. The van der Waals surface area contributed by atoms with Gasteiger partial charge in [0.05, 0.1) is 12.2 Å². The fourth-order valence-corrected chi connectivity index (χ4v) is 2.10. The molecule has 2 nitrogen and oxygen atoms in total. The Morgan fingerprint density at radius 3 is 2.38 bits per heavy atom. The largest absolute Gasteiger partial charge is 0.390 e. The van der Waals surface area contributed by atoms with Crippen LogP contribution in [0.2, 0.25) is 0 Å². The molecular formula is C11H20O2. The third-order valence-electron chi connectivity index (χ3n) is 2.94. The van der Waals surface area contributed by atoms with Gasteiger partial charge in [-0.25, -0.2) is 0 Å². The quantitative estimate of drug-likeness (QED) is 0.655. The first-order chi connectivity index (χ1) is 6.25. The maximum absolute atomic E-state index is 9.78. The van der Waals surface area contributed by atoms with E-state index >= 15 is 0 Å². The molecule has 1 rings (SSSR count). The van der Waals surface area contributed by atoms with Crippen LogP contribution in [0.5, 0.6) is 0 Å². The minimum atomic E-state index is -0.611. The van der Waals surface area contributed by atoms with E-state index in [0.29, 0.717) is 12.3 Å². The van der Waals surface area contributed by atoms with Gasteiger partial charge in [-0.1, -0.05) is 25.3 Å². The lowest BCUT2D eigenvalue weighted by Crippen LogP contribution is -2.34. The van der Waals surface area contributed by atoms with E-state index in [-0.39, 0.29) is 0 Å². The van der Waals surface area contributed by atoms with Gasteiger partial charge >= 0.3 is 0 Å². The monoisotopic (exact) mass is 184 g/mol. The van der Waals surface area contributed by atoms with Crippen LogP contribution in [0.15, 0.2) is 12.7 Å². The molecule has 0 bridgehead atoms. The fraction of sp³-hybridized carbons (Fsp3) is 0.818. The Labute approximate surface area is 80.3 Å². The molecule has 0 radical (unpaired) electrons. The average Bonchev–Trinajstić information content (AvgIpc) is 2.18. The van der Waals surface area contributed by atoms with Crippen LogP contribution in [0.3, 0.4) is 0 Å². The van der Waals surface area contributed by atoms with Crippen molar-refractivity contribution in [1.82, 2.24) is 0 Å². The highest BCUT2D eigenvalue weighted by Crippen LogP contribution is 2.28. The van der Waals surface area contributed by atoms with Crippen LogP contribution in [-0.2, 0) is 0 Å². The lowest BCUT2D eigenvalue weighted by Gasteiger charge is -2.29. The van der Waals surface area contributed by atoms with E-state index in [0.717, 1.165) is 12.8 Å². The molecule has 0 spiro atoms. The van der Waals surface area contributed by atoms with E-state index in [1.165, 1.54) is 19.3 Å². The maximum Gasteiger partial charge on any atom is 0.0836 e. The summed E-state index contributed by atoms with van der Waals surface area (Å²) in [5.41, 5.74) is 0. The molecule has 0 unspecified atom stereocenters. The molecule has 2 heteroatoms. The Kier molecular flexibility index (Phi) is 4.46. The van der Waals surface area contributed by atoms with Crippen molar-refractivity contribution < 1.29 is 10.2 Å². The molecule has 1 saturated carbocycles. The van der Waals surface area contributed by atoms with E-state index in [1.54, 1.807) is 6.08 Å². The second kappa shape index (κ2) is 5.40. The number of rotatable bonds is 4. The van der Waals surface area contributed by atoms with E-state index in [1.807, 2.05) is 0 Å². The molecule has 0 saturated heterocycles. The molecule has 2 N–H and O–H groups in total. The zero-order chi connectivity index (χ0) is 9.68. The Bertz CT molecular complexity index is 150. The van der Waals surface area contributed by atoms with Gasteiger partial charge in [0.2, 0.25) is 0 Å². The summed E-state index contributed by atoms with van der Waals surface area (Å²) in [6.07, 6.45) is 6.81. The molecule has 0 aromatic rings. The van der Waals surface area contributed by atoms with E-state index < -0.39 is 12.2 Å². The Balaban J connectivity index is 2.35. The third kappa shape index (κ3) is 3.12. The molecule has 1 aliphatic carbocycles. The lowest BCUT2D eigenvalue weighted by atomic mass is 9.83. The molecular weight excluding hydrogens is 164 g/mol. The van der Waals surface area contributed by atoms with Crippen LogP contribution in [0.25, 0.3) is 0 Å². The average molecular weight is 184 g/mol. The molecule has 0 heterocycles. The second-order valence-electron chi connectivity index (χ2n) is 3.98. The summed E-state index contributed by atoms with van der Waals surface area (Å²) in [5.74, 6) is 0.309. The van der Waals surface area contributed by atoms with Crippen LogP contribution in [0, 0.1) is 5.92 Å². The topological polar surface area (TPSA) is 40.5 Å². The van der Waals surface area contributed by atoms with Gasteiger partial charge < -0.3 is 10.2 Å². The Hall–Kier alpha value is -0.340. The zero-order valence-corrected chi connectivity index (χ0v) is 8.15. The minimum Gasteiger partial charge on any atom is -0.390 e. The normalized spacial score (nSPS) is 23.8. The molecule has 76 valence electrons. The number of aliphatic hydroxyl groups is 2. The molecule has 13 heavy (non-hydrogen) atoms. The van der Waals surface area contributed by atoms with Crippen molar-refractivity contribution in [3.63, 3.8) is 0 Å². The first-order valence-electron chi connectivity index (χ1n) is 5.22. The maximum atomic E-state index is 9.78. The molecule has 0 aliphatic heterocycles. The molecule has 0 aromatic heterocycles. The predicted molar refractivity (Wildman–Crippen MR) is 53.4 cm³/mol. The van der Waals surface area contributed by atoms with Crippen LogP contribution >= 0.6 is 0 Å². The van der Waals surface area contributed by atoms with Gasteiger partial charge in [-0.3, -0.25) is 0 Å². The fourth-order valence-electron chi connectivity index (χ4n) is 2.10. The summed E-state index contributed by atoms with van der Waals surface area (Å²) in [7, 11) is 0. The standard InChI is InChI=1S/C11H20O2/c1-2-6-10(12)11(13)9-7-4-3-5-8-9/h2,9-13H,1,3-8H2/t10-,11-/m1/s1. The number of hydrogen-bond acceptors (Lipinski definition) is 2. The van der Waals surface area contributed by atoms with Gasteiger partial charge in [-0.2, -0.15) is 0 Å². The summed E-state index contributed by atoms with van der Waals surface area (Å²) < 4.78 is 0. The molecule has 2 atom stereocenters. The zero-order valence-electron chi connectivity index (χ0n) is 8.15. The van der Waals surface area contributed by atoms with Gasteiger partial charge in [0.15, 0.2) is 0 Å². The highest BCUT2D eigenvalue weighted by atomic mass is 16.3. The summed E-state index contributed by atoms with van der Waals surface area (Å²) in [6.45, 7) is 3.56. The summed E-state index contributed by atoms with van der Waals surface area (Å²) in [6, 6.07) is 0.